The van der Waals surface area contributed by atoms with Crippen LogP contribution in [0.1, 0.15) is 32.3 Å². The van der Waals surface area contributed by atoms with Crippen molar-refractivity contribution in [2.75, 3.05) is 0 Å². The minimum Gasteiger partial charge on any atom is -0.460 e. The van der Waals surface area contributed by atoms with Gasteiger partial charge in [0.1, 0.15) is 12.4 Å². The highest BCUT2D eigenvalue weighted by Crippen LogP contribution is 2.11. The van der Waals surface area contributed by atoms with E-state index >= 15 is 0 Å². The van der Waals surface area contributed by atoms with Crippen LogP contribution >= 0.6 is 0 Å². The second kappa shape index (κ2) is 6.26. The molecule has 0 aliphatic carbocycles. The quantitative estimate of drug-likeness (QED) is 0.717. The van der Waals surface area contributed by atoms with E-state index in [0.29, 0.717) is 5.56 Å². The van der Waals surface area contributed by atoms with Crippen LogP contribution in [-0.2, 0) is 16.1 Å². The first-order chi connectivity index (χ1) is 7.65. The zero-order chi connectivity index (χ0) is 12.0. The van der Waals surface area contributed by atoms with Crippen LogP contribution in [0.5, 0.6) is 0 Å². The van der Waals surface area contributed by atoms with Gasteiger partial charge < -0.3 is 4.74 Å². The summed E-state index contributed by atoms with van der Waals surface area (Å²) in [7, 11) is 0. The van der Waals surface area contributed by atoms with Gasteiger partial charge in [-0.1, -0.05) is 38.5 Å². The number of hydrogen-bond acceptors (Lipinski definition) is 2. The van der Waals surface area contributed by atoms with Gasteiger partial charge in [-0.25, -0.2) is 4.39 Å². The van der Waals surface area contributed by atoms with Crippen molar-refractivity contribution in [1.29, 1.82) is 0 Å². The molecule has 0 heterocycles. The largest absolute Gasteiger partial charge is 0.460 e. The van der Waals surface area contributed by atoms with E-state index in [1.54, 1.807) is 18.2 Å². The van der Waals surface area contributed by atoms with E-state index in [9.17, 15) is 9.18 Å². The van der Waals surface area contributed by atoms with Crippen molar-refractivity contribution < 1.29 is 13.9 Å². The fourth-order valence-corrected chi connectivity index (χ4v) is 1.46. The molecule has 0 spiro atoms. The van der Waals surface area contributed by atoms with Gasteiger partial charge in [0.15, 0.2) is 0 Å². The van der Waals surface area contributed by atoms with Gasteiger partial charge in [0.25, 0.3) is 0 Å². The fraction of sp³-hybridized carbons (Fsp3) is 0.462. The first-order valence-electron chi connectivity index (χ1n) is 5.55. The molecule has 1 rings (SSSR count). The molecule has 0 aliphatic heterocycles. The molecule has 16 heavy (non-hydrogen) atoms. The lowest BCUT2D eigenvalue weighted by atomic mass is 10.1. The van der Waals surface area contributed by atoms with Gasteiger partial charge in [-0.3, -0.25) is 4.79 Å². The van der Waals surface area contributed by atoms with Crippen LogP contribution in [0, 0.1) is 11.7 Å². The highest BCUT2D eigenvalue weighted by Gasteiger charge is 2.13. The van der Waals surface area contributed by atoms with Crippen molar-refractivity contribution in [3.05, 3.63) is 35.6 Å². The Morgan fingerprint density at radius 1 is 1.44 bits per heavy atom. The second-order valence-corrected chi connectivity index (χ2v) is 3.89. The normalized spacial score (nSPS) is 12.2. The summed E-state index contributed by atoms with van der Waals surface area (Å²) >= 11 is 0. The highest BCUT2D eigenvalue weighted by molar-refractivity contribution is 5.71. The number of carbonyl (C=O) groups is 1. The van der Waals surface area contributed by atoms with E-state index in [-0.39, 0.29) is 24.3 Å². The van der Waals surface area contributed by atoms with Crippen LogP contribution in [0.4, 0.5) is 4.39 Å². The predicted octanol–water partition coefficient (Wildman–Crippen LogP) is 3.31. The Bertz CT molecular complexity index is 350. The van der Waals surface area contributed by atoms with Crippen molar-refractivity contribution >= 4 is 5.97 Å². The number of rotatable bonds is 5. The maximum absolute atomic E-state index is 13.2. The van der Waals surface area contributed by atoms with Crippen molar-refractivity contribution in [3.63, 3.8) is 0 Å². The summed E-state index contributed by atoms with van der Waals surface area (Å²) in [4.78, 5) is 11.5. The van der Waals surface area contributed by atoms with Crippen LogP contribution in [0.15, 0.2) is 24.3 Å². The molecule has 0 aromatic heterocycles. The van der Waals surface area contributed by atoms with Gasteiger partial charge in [0.05, 0.1) is 5.92 Å². The third kappa shape index (κ3) is 3.65. The van der Waals surface area contributed by atoms with Crippen molar-refractivity contribution in [3.8, 4) is 0 Å². The predicted molar refractivity (Wildman–Crippen MR) is 60.3 cm³/mol. The summed E-state index contributed by atoms with van der Waals surface area (Å²) in [6, 6.07) is 6.31. The molecule has 0 aliphatic rings. The van der Waals surface area contributed by atoms with Gasteiger partial charge in [0, 0.05) is 5.56 Å². The van der Waals surface area contributed by atoms with Crippen LogP contribution in [0.3, 0.4) is 0 Å². The Kier molecular flexibility index (Phi) is 4.96. The van der Waals surface area contributed by atoms with Crippen molar-refractivity contribution in [2.45, 2.75) is 33.3 Å². The molecule has 0 bridgehead atoms. The number of benzene rings is 1. The first kappa shape index (κ1) is 12.7. The highest BCUT2D eigenvalue weighted by atomic mass is 19.1. The van der Waals surface area contributed by atoms with E-state index in [2.05, 4.69) is 0 Å². The Morgan fingerprint density at radius 3 is 2.75 bits per heavy atom. The van der Waals surface area contributed by atoms with Crippen molar-refractivity contribution in [2.24, 2.45) is 5.92 Å². The van der Waals surface area contributed by atoms with E-state index in [1.807, 2.05) is 13.8 Å². The fourth-order valence-electron chi connectivity index (χ4n) is 1.46. The summed E-state index contributed by atoms with van der Waals surface area (Å²) in [6.07, 6.45) is 1.74. The Hall–Kier alpha value is -1.38. The van der Waals surface area contributed by atoms with Gasteiger partial charge in [-0.2, -0.15) is 0 Å². The van der Waals surface area contributed by atoms with Crippen LogP contribution < -0.4 is 0 Å². The maximum Gasteiger partial charge on any atom is 0.308 e. The van der Waals surface area contributed by atoms with Crippen LogP contribution in [0.2, 0.25) is 0 Å². The maximum atomic E-state index is 13.2. The smallest absolute Gasteiger partial charge is 0.308 e. The molecule has 88 valence electrons. The number of halogens is 1. The van der Waals surface area contributed by atoms with E-state index in [4.69, 9.17) is 4.74 Å². The van der Waals surface area contributed by atoms with Crippen molar-refractivity contribution in [1.82, 2.24) is 0 Å². The average Bonchev–Trinajstić information content (AvgIpc) is 2.28. The number of hydrogen-bond donors (Lipinski definition) is 0. The lowest BCUT2D eigenvalue weighted by Gasteiger charge is -2.10. The minimum absolute atomic E-state index is 0.0135. The molecule has 1 aromatic rings. The summed E-state index contributed by atoms with van der Waals surface area (Å²) in [5.74, 6) is -0.708. The molecule has 0 fully saturated rings. The van der Waals surface area contributed by atoms with Gasteiger partial charge in [0.2, 0.25) is 0 Å². The Morgan fingerprint density at radius 2 is 2.12 bits per heavy atom. The second-order valence-electron chi connectivity index (χ2n) is 3.89. The van der Waals surface area contributed by atoms with Gasteiger partial charge in [-0.15, -0.1) is 0 Å². The molecular formula is C13H17FO2. The summed E-state index contributed by atoms with van der Waals surface area (Å²) in [5.41, 5.74) is 0.416. The van der Waals surface area contributed by atoms with Gasteiger partial charge >= 0.3 is 5.97 Å². The SMILES string of the molecule is CCCC(C)C(=O)OCc1ccccc1F. The van der Waals surface area contributed by atoms with Crippen LogP contribution in [-0.4, -0.2) is 5.97 Å². The molecule has 0 saturated carbocycles. The van der Waals surface area contributed by atoms with Crippen LogP contribution in [0.25, 0.3) is 0 Å². The summed E-state index contributed by atoms with van der Waals surface area (Å²) < 4.78 is 18.2. The molecule has 0 amide bonds. The third-order valence-corrected chi connectivity index (χ3v) is 2.45. The average molecular weight is 224 g/mol. The first-order valence-corrected chi connectivity index (χ1v) is 5.55. The number of ether oxygens (including phenoxy) is 1. The molecule has 1 aromatic carbocycles. The summed E-state index contributed by atoms with van der Waals surface area (Å²) in [5, 5.41) is 0. The van der Waals surface area contributed by atoms with E-state index in [1.165, 1.54) is 6.07 Å². The third-order valence-electron chi connectivity index (χ3n) is 2.45. The molecule has 1 atom stereocenters. The molecule has 0 saturated heterocycles. The standard InChI is InChI=1S/C13H17FO2/c1-3-6-10(2)13(15)16-9-11-7-4-5-8-12(11)14/h4-5,7-8,10H,3,6,9H2,1-2H3. The summed E-state index contributed by atoms with van der Waals surface area (Å²) in [6.45, 7) is 3.85. The monoisotopic (exact) mass is 224 g/mol. The topological polar surface area (TPSA) is 26.3 Å². The minimum atomic E-state index is -0.335. The lowest BCUT2D eigenvalue weighted by molar-refractivity contribution is -0.149. The molecule has 2 nitrogen and oxygen atoms in total. The molecule has 0 radical (unpaired) electrons. The zero-order valence-corrected chi connectivity index (χ0v) is 9.70. The molecule has 0 N–H and O–H groups in total. The lowest BCUT2D eigenvalue weighted by Crippen LogP contribution is -2.14. The number of esters is 1. The Balaban J connectivity index is 2.46. The van der Waals surface area contributed by atoms with E-state index < -0.39 is 0 Å². The number of carbonyl (C=O) groups excluding carboxylic acids is 1. The molecule has 1 unspecified atom stereocenters. The molecule has 3 heteroatoms. The van der Waals surface area contributed by atoms with Gasteiger partial charge in [-0.05, 0) is 12.5 Å². The zero-order valence-electron chi connectivity index (χ0n) is 9.70. The Labute approximate surface area is 95.4 Å². The van der Waals surface area contributed by atoms with E-state index in [0.717, 1.165) is 12.8 Å². The molecular weight excluding hydrogens is 207 g/mol.